The summed E-state index contributed by atoms with van der Waals surface area (Å²) in [5.41, 5.74) is 4.95. The van der Waals surface area contributed by atoms with Crippen molar-refractivity contribution in [1.82, 2.24) is 15.3 Å². The molecule has 2 N–H and O–H groups in total. The van der Waals surface area contributed by atoms with Crippen molar-refractivity contribution in [2.45, 2.75) is 19.9 Å². The molecule has 160 valence electrons. The van der Waals surface area contributed by atoms with Crippen molar-refractivity contribution in [3.8, 4) is 11.3 Å². The van der Waals surface area contributed by atoms with E-state index >= 15 is 0 Å². The second-order valence-corrected chi connectivity index (χ2v) is 7.61. The topological polar surface area (TPSA) is 66.9 Å². The highest BCUT2D eigenvalue weighted by molar-refractivity contribution is 5.95. The average molecular weight is 426 g/mol. The molecule has 0 bridgehead atoms. The van der Waals surface area contributed by atoms with Gasteiger partial charge in [-0.05, 0) is 61.9 Å². The molecule has 0 saturated carbocycles. The van der Waals surface area contributed by atoms with Crippen LogP contribution in [0.1, 0.15) is 34.5 Å². The molecule has 0 unspecified atom stereocenters. The van der Waals surface area contributed by atoms with Crippen molar-refractivity contribution in [2.75, 3.05) is 5.32 Å². The number of anilines is 2. The maximum atomic E-state index is 13.2. The van der Waals surface area contributed by atoms with Crippen LogP contribution in [0.25, 0.3) is 11.3 Å². The Kier molecular flexibility index (Phi) is 6.22. The van der Waals surface area contributed by atoms with E-state index in [-0.39, 0.29) is 17.8 Å². The first kappa shape index (κ1) is 21.2. The zero-order valence-electron chi connectivity index (χ0n) is 17.8. The first-order valence-electron chi connectivity index (χ1n) is 10.3. The van der Waals surface area contributed by atoms with Crippen LogP contribution < -0.4 is 10.6 Å². The molecule has 1 heterocycles. The van der Waals surface area contributed by atoms with Crippen LogP contribution in [0.2, 0.25) is 0 Å². The number of aryl methyl sites for hydroxylation is 1. The SMILES string of the molecule is Cc1ccc([C@H](C)NC(=O)c2cccc(Nc3cc(-c4ccc(F)cc4)ncn3)c2)cc1. The van der Waals surface area contributed by atoms with Crippen molar-refractivity contribution in [3.63, 3.8) is 0 Å². The maximum Gasteiger partial charge on any atom is 0.251 e. The minimum Gasteiger partial charge on any atom is -0.346 e. The van der Waals surface area contributed by atoms with E-state index in [1.54, 1.807) is 30.3 Å². The monoisotopic (exact) mass is 426 g/mol. The van der Waals surface area contributed by atoms with Crippen molar-refractivity contribution in [2.24, 2.45) is 0 Å². The predicted molar refractivity (Wildman–Crippen MR) is 124 cm³/mol. The van der Waals surface area contributed by atoms with E-state index in [2.05, 4.69) is 20.6 Å². The van der Waals surface area contributed by atoms with Crippen molar-refractivity contribution in [1.29, 1.82) is 0 Å². The summed E-state index contributed by atoms with van der Waals surface area (Å²) in [6.07, 6.45) is 1.45. The standard InChI is InChI=1S/C26H23FN4O/c1-17-6-8-19(9-7-17)18(2)30-26(32)21-4-3-5-23(14-21)31-25-15-24(28-16-29-25)20-10-12-22(27)13-11-20/h3-16,18H,1-2H3,(H,30,32)(H,28,29,31)/t18-/m0/s1. The van der Waals surface area contributed by atoms with Gasteiger partial charge in [-0.1, -0.05) is 35.9 Å². The second-order valence-electron chi connectivity index (χ2n) is 7.61. The molecular formula is C26H23FN4O. The highest BCUT2D eigenvalue weighted by Gasteiger charge is 2.12. The van der Waals surface area contributed by atoms with Crippen LogP contribution in [-0.4, -0.2) is 15.9 Å². The minimum atomic E-state index is -0.298. The Morgan fingerprint density at radius 1 is 0.938 bits per heavy atom. The summed E-state index contributed by atoms with van der Waals surface area (Å²) in [6.45, 7) is 3.99. The fourth-order valence-electron chi connectivity index (χ4n) is 3.31. The number of benzene rings is 3. The number of hydrogen-bond donors (Lipinski definition) is 2. The third-order valence-electron chi connectivity index (χ3n) is 5.13. The fourth-order valence-corrected chi connectivity index (χ4v) is 3.31. The van der Waals surface area contributed by atoms with E-state index in [0.29, 0.717) is 17.1 Å². The van der Waals surface area contributed by atoms with Crippen molar-refractivity contribution < 1.29 is 9.18 Å². The van der Waals surface area contributed by atoms with Gasteiger partial charge in [-0.3, -0.25) is 4.79 Å². The van der Waals surface area contributed by atoms with Crippen LogP contribution in [-0.2, 0) is 0 Å². The Hall–Kier alpha value is -4.06. The van der Waals surface area contributed by atoms with Gasteiger partial charge >= 0.3 is 0 Å². The number of aromatic nitrogens is 2. The number of amides is 1. The Morgan fingerprint density at radius 3 is 2.44 bits per heavy atom. The predicted octanol–water partition coefficient (Wildman–Crippen LogP) is 5.83. The molecule has 3 aromatic carbocycles. The lowest BCUT2D eigenvalue weighted by Gasteiger charge is -2.15. The highest BCUT2D eigenvalue weighted by atomic mass is 19.1. The van der Waals surface area contributed by atoms with Gasteiger partial charge in [-0.15, -0.1) is 0 Å². The lowest BCUT2D eigenvalue weighted by atomic mass is 10.1. The molecule has 1 atom stereocenters. The number of nitrogens with one attached hydrogen (secondary N) is 2. The molecule has 6 heteroatoms. The summed E-state index contributed by atoms with van der Waals surface area (Å²) in [5, 5.41) is 6.24. The Balaban J connectivity index is 1.47. The molecule has 0 saturated heterocycles. The van der Waals surface area contributed by atoms with E-state index in [0.717, 1.165) is 16.8 Å². The van der Waals surface area contributed by atoms with Crippen LogP contribution in [0.3, 0.4) is 0 Å². The normalized spacial score (nSPS) is 11.6. The van der Waals surface area contributed by atoms with Crippen LogP contribution >= 0.6 is 0 Å². The molecule has 0 spiro atoms. The second kappa shape index (κ2) is 9.39. The van der Waals surface area contributed by atoms with E-state index in [1.165, 1.54) is 24.0 Å². The molecule has 0 radical (unpaired) electrons. The zero-order valence-corrected chi connectivity index (χ0v) is 17.8. The first-order valence-corrected chi connectivity index (χ1v) is 10.3. The molecule has 0 aliphatic rings. The van der Waals surface area contributed by atoms with Gasteiger partial charge in [0, 0.05) is 22.9 Å². The summed E-state index contributed by atoms with van der Waals surface area (Å²) in [4.78, 5) is 21.3. The van der Waals surface area contributed by atoms with E-state index in [1.807, 2.05) is 50.2 Å². The molecule has 0 aliphatic carbocycles. The Bertz CT molecular complexity index is 1220. The lowest BCUT2D eigenvalue weighted by molar-refractivity contribution is 0.0940. The Morgan fingerprint density at radius 2 is 1.69 bits per heavy atom. The smallest absolute Gasteiger partial charge is 0.251 e. The number of carbonyl (C=O) groups excluding carboxylic acids is 1. The fraction of sp³-hybridized carbons (Fsp3) is 0.115. The van der Waals surface area contributed by atoms with Crippen LogP contribution in [0.15, 0.2) is 85.2 Å². The van der Waals surface area contributed by atoms with Crippen LogP contribution in [0, 0.1) is 12.7 Å². The minimum absolute atomic E-state index is 0.111. The average Bonchev–Trinajstić information content (AvgIpc) is 2.80. The van der Waals surface area contributed by atoms with Gasteiger partial charge < -0.3 is 10.6 Å². The number of rotatable bonds is 6. The van der Waals surface area contributed by atoms with Crippen LogP contribution in [0.5, 0.6) is 0 Å². The summed E-state index contributed by atoms with van der Waals surface area (Å²) >= 11 is 0. The van der Waals surface area contributed by atoms with E-state index in [9.17, 15) is 9.18 Å². The van der Waals surface area contributed by atoms with Gasteiger partial charge in [0.2, 0.25) is 0 Å². The molecule has 32 heavy (non-hydrogen) atoms. The lowest BCUT2D eigenvalue weighted by Crippen LogP contribution is -2.26. The van der Waals surface area contributed by atoms with E-state index in [4.69, 9.17) is 0 Å². The number of nitrogens with zero attached hydrogens (tertiary/aromatic N) is 2. The highest BCUT2D eigenvalue weighted by Crippen LogP contribution is 2.22. The molecule has 0 aliphatic heterocycles. The Labute approximate surface area is 186 Å². The van der Waals surface area contributed by atoms with Gasteiger partial charge in [0.15, 0.2) is 0 Å². The summed E-state index contributed by atoms with van der Waals surface area (Å²) in [6, 6.07) is 23.1. The van der Waals surface area contributed by atoms with Gasteiger partial charge in [0.05, 0.1) is 11.7 Å². The molecular weight excluding hydrogens is 403 g/mol. The van der Waals surface area contributed by atoms with Gasteiger partial charge in [0.1, 0.15) is 18.0 Å². The molecule has 5 nitrogen and oxygen atoms in total. The maximum absolute atomic E-state index is 13.2. The largest absolute Gasteiger partial charge is 0.346 e. The summed E-state index contributed by atoms with van der Waals surface area (Å²) in [7, 11) is 0. The molecule has 4 rings (SSSR count). The first-order chi connectivity index (χ1) is 15.5. The number of carbonyl (C=O) groups is 1. The quantitative estimate of drug-likeness (QED) is 0.407. The van der Waals surface area contributed by atoms with Gasteiger partial charge in [-0.2, -0.15) is 0 Å². The number of halogens is 1. The van der Waals surface area contributed by atoms with E-state index < -0.39 is 0 Å². The number of hydrogen-bond acceptors (Lipinski definition) is 4. The molecule has 0 fully saturated rings. The van der Waals surface area contributed by atoms with Crippen molar-refractivity contribution in [3.05, 3.63) is 108 Å². The summed E-state index contributed by atoms with van der Waals surface area (Å²) in [5.74, 6) is 0.120. The third kappa shape index (κ3) is 5.16. The van der Waals surface area contributed by atoms with Gasteiger partial charge in [0.25, 0.3) is 5.91 Å². The molecule has 1 amide bonds. The third-order valence-corrected chi connectivity index (χ3v) is 5.13. The summed E-state index contributed by atoms with van der Waals surface area (Å²) < 4.78 is 13.2. The van der Waals surface area contributed by atoms with Gasteiger partial charge in [-0.25, -0.2) is 14.4 Å². The van der Waals surface area contributed by atoms with Crippen LogP contribution in [0.4, 0.5) is 15.9 Å². The molecule has 4 aromatic rings. The zero-order chi connectivity index (χ0) is 22.5. The van der Waals surface area contributed by atoms with Crippen molar-refractivity contribution >= 4 is 17.4 Å². The molecule has 1 aromatic heterocycles.